The van der Waals surface area contributed by atoms with Crippen LogP contribution in [0.4, 0.5) is 0 Å². The van der Waals surface area contributed by atoms with Gasteiger partial charge in [0.2, 0.25) is 0 Å². The third-order valence-corrected chi connectivity index (χ3v) is 10.1. The zero-order valence-corrected chi connectivity index (χ0v) is 34.9. The van der Waals surface area contributed by atoms with Crippen LogP contribution >= 0.6 is 0 Å². The van der Waals surface area contributed by atoms with Gasteiger partial charge in [-0.1, -0.05) is 168 Å². The first-order valence-electron chi connectivity index (χ1n) is 22.0. The molecule has 0 amide bonds. The van der Waals surface area contributed by atoms with Crippen molar-refractivity contribution < 1.29 is 18.9 Å². The Morgan fingerprint density at radius 2 is 0.577 bits per heavy atom. The Morgan fingerprint density at radius 1 is 0.327 bits per heavy atom. The zero-order chi connectivity index (χ0) is 37.5. The predicted octanol–water partition coefficient (Wildman–Crippen LogP) is 15.4. The van der Waals surface area contributed by atoms with Crippen LogP contribution in [0.25, 0.3) is 12.2 Å². The van der Waals surface area contributed by atoms with Crippen molar-refractivity contribution in [3.05, 3.63) is 46.5 Å². The lowest BCUT2D eigenvalue weighted by Gasteiger charge is -2.16. The molecule has 0 atom stereocenters. The molecule has 2 rings (SSSR count). The summed E-state index contributed by atoms with van der Waals surface area (Å²) in [6.07, 6.45) is 34.5. The van der Waals surface area contributed by atoms with Gasteiger partial charge in [0, 0.05) is 11.1 Å². The summed E-state index contributed by atoms with van der Waals surface area (Å²) in [5, 5.41) is 0. The van der Waals surface area contributed by atoms with Gasteiger partial charge in [0.1, 0.15) is 23.0 Å². The van der Waals surface area contributed by atoms with E-state index in [1.807, 2.05) is 0 Å². The smallest absolute Gasteiger partial charge is 0.127 e. The van der Waals surface area contributed by atoms with E-state index in [-0.39, 0.29) is 0 Å². The molecule has 0 saturated carbocycles. The van der Waals surface area contributed by atoms with Gasteiger partial charge in [-0.3, -0.25) is 0 Å². The molecule has 0 aliphatic heterocycles. The van der Waals surface area contributed by atoms with Crippen LogP contribution in [-0.4, -0.2) is 26.4 Å². The standard InChI is InChI=1S/C48H80O4/c1-7-11-15-19-23-27-33-49-45-39-43(47(37-41(45)5)51-35-29-25-21-17-13-9-3)31-32-44-40-46(50-34-28-24-20-16-12-8-2)42(6)38-48(44)52-36-30-26-22-18-14-10-4/h31-32,37-40H,7-30,33-36H2,1-6H3/b32-31+. The van der Waals surface area contributed by atoms with Crippen molar-refractivity contribution in [3.63, 3.8) is 0 Å². The lowest BCUT2D eigenvalue weighted by molar-refractivity contribution is 0.294. The average Bonchev–Trinajstić information content (AvgIpc) is 3.14. The zero-order valence-electron chi connectivity index (χ0n) is 34.9. The van der Waals surface area contributed by atoms with Gasteiger partial charge in [-0.15, -0.1) is 0 Å². The van der Waals surface area contributed by atoms with Gasteiger partial charge in [-0.25, -0.2) is 0 Å². The lowest BCUT2D eigenvalue weighted by Crippen LogP contribution is -2.03. The van der Waals surface area contributed by atoms with Gasteiger partial charge < -0.3 is 18.9 Å². The number of aryl methyl sites for hydroxylation is 2. The first-order chi connectivity index (χ1) is 25.5. The second-order valence-electron chi connectivity index (χ2n) is 15.1. The maximum absolute atomic E-state index is 6.48. The SMILES string of the molecule is CCCCCCCCOc1cc(/C=C/c2cc(OCCCCCCCC)c(C)cc2OCCCCCCCC)c(OCCCCCCCC)cc1C. The molecule has 0 fully saturated rings. The highest BCUT2D eigenvalue weighted by atomic mass is 16.5. The fraction of sp³-hybridized carbons (Fsp3) is 0.708. The Hall–Kier alpha value is -2.62. The third-order valence-electron chi connectivity index (χ3n) is 10.1. The first kappa shape index (κ1) is 45.5. The molecule has 296 valence electrons. The highest BCUT2D eigenvalue weighted by Gasteiger charge is 2.12. The summed E-state index contributed by atoms with van der Waals surface area (Å²) in [5.74, 6) is 3.75. The molecule has 0 radical (unpaired) electrons. The monoisotopic (exact) mass is 721 g/mol. The molecule has 0 N–H and O–H groups in total. The lowest BCUT2D eigenvalue weighted by atomic mass is 10.1. The quantitative estimate of drug-likeness (QED) is 0.0533. The highest BCUT2D eigenvalue weighted by Crippen LogP contribution is 2.34. The Kier molecular flexibility index (Phi) is 27.0. The fourth-order valence-corrected chi connectivity index (χ4v) is 6.61. The summed E-state index contributed by atoms with van der Waals surface area (Å²) in [5.41, 5.74) is 4.35. The minimum Gasteiger partial charge on any atom is -0.493 e. The van der Waals surface area contributed by atoms with Gasteiger partial charge in [0.25, 0.3) is 0 Å². The van der Waals surface area contributed by atoms with Gasteiger partial charge in [0.15, 0.2) is 0 Å². The van der Waals surface area contributed by atoms with Gasteiger partial charge in [-0.2, -0.15) is 0 Å². The molecule has 4 nitrogen and oxygen atoms in total. The summed E-state index contributed by atoms with van der Waals surface area (Å²) in [4.78, 5) is 0. The van der Waals surface area contributed by atoms with Crippen molar-refractivity contribution in [1.29, 1.82) is 0 Å². The van der Waals surface area contributed by atoms with Crippen molar-refractivity contribution in [2.45, 2.75) is 196 Å². The largest absolute Gasteiger partial charge is 0.493 e. The van der Waals surface area contributed by atoms with Gasteiger partial charge >= 0.3 is 0 Å². The van der Waals surface area contributed by atoms with E-state index >= 15 is 0 Å². The highest BCUT2D eigenvalue weighted by molar-refractivity contribution is 5.77. The summed E-state index contributed by atoms with van der Waals surface area (Å²) < 4.78 is 25.7. The Bertz CT molecular complexity index is 1090. The molecule has 2 aromatic carbocycles. The summed E-state index contributed by atoms with van der Waals surface area (Å²) in [6, 6.07) is 8.71. The van der Waals surface area contributed by atoms with Crippen LogP contribution in [0, 0.1) is 13.8 Å². The molecule has 0 aliphatic carbocycles. The summed E-state index contributed by atoms with van der Waals surface area (Å²) in [6.45, 7) is 16.3. The average molecular weight is 721 g/mol. The van der Waals surface area contributed by atoms with Crippen LogP contribution in [0.1, 0.15) is 204 Å². The van der Waals surface area contributed by atoms with E-state index in [0.717, 1.165) is 97.4 Å². The molecule has 0 bridgehead atoms. The molecular formula is C48H80O4. The van der Waals surface area contributed by atoms with Crippen molar-refractivity contribution in [1.82, 2.24) is 0 Å². The second kappa shape index (κ2) is 30.8. The topological polar surface area (TPSA) is 36.9 Å². The maximum atomic E-state index is 6.48. The molecule has 0 aliphatic rings. The molecule has 4 heteroatoms. The number of ether oxygens (including phenoxy) is 4. The number of benzene rings is 2. The van der Waals surface area contributed by atoms with E-state index in [1.54, 1.807) is 0 Å². The minimum atomic E-state index is 0.734. The molecule has 0 aromatic heterocycles. The van der Waals surface area contributed by atoms with E-state index in [0.29, 0.717) is 0 Å². The molecule has 0 unspecified atom stereocenters. The van der Waals surface area contributed by atoms with Crippen LogP contribution in [0.5, 0.6) is 23.0 Å². The minimum absolute atomic E-state index is 0.734. The van der Waals surface area contributed by atoms with E-state index in [1.165, 1.54) is 128 Å². The molecule has 0 heterocycles. The molecule has 0 saturated heterocycles. The summed E-state index contributed by atoms with van der Waals surface area (Å²) >= 11 is 0. The van der Waals surface area contributed by atoms with E-state index in [4.69, 9.17) is 18.9 Å². The first-order valence-corrected chi connectivity index (χ1v) is 22.0. The van der Waals surface area contributed by atoms with Crippen molar-refractivity contribution >= 4 is 12.2 Å². The maximum Gasteiger partial charge on any atom is 0.127 e. The van der Waals surface area contributed by atoms with E-state index < -0.39 is 0 Å². The van der Waals surface area contributed by atoms with Crippen molar-refractivity contribution in [2.75, 3.05) is 26.4 Å². The van der Waals surface area contributed by atoms with Crippen LogP contribution in [0.2, 0.25) is 0 Å². The van der Waals surface area contributed by atoms with Crippen molar-refractivity contribution in [3.8, 4) is 23.0 Å². The van der Waals surface area contributed by atoms with Crippen LogP contribution < -0.4 is 18.9 Å². The normalized spacial score (nSPS) is 11.4. The van der Waals surface area contributed by atoms with Crippen LogP contribution in [-0.2, 0) is 0 Å². The number of hydrogen-bond acceptors (Lipinski definition) is 4. The number of hydrogen-bond donors (Lipinski definition) is 0. The number of unbranched alkanes of at least 4 members (excludes halogenated alkanes) is 20. The second-order valence-corrected chi connectivity index (χ2v) is 15.1. The molecular weight excluding hydrogens is 641 g/mol. The Morgan fingerprint density at radius 3 is 0.865 bits per heavy atom. The fourth-order valence-electron chi connectivity index (χ4n) is 6.61. The number of rotatable bonds is 34. The Balaban J connectivity index is 2.26. The van der Waals surface area contributed by atoms with Crippen LogP contribution in [0.15, 0.2) is 24.3 Å². The van der Waals surface area contributed by atoms with E-state index in [2.05, 4.69) is 78.0 Å². The molecule has 52 heavy (non-hydrogen) atoms. The Labute approximate surface area is 321 Å². The molecule has 0 spiro atoms. The van der Waals surface area contributed by atoms with Crippen molar-refractivity contribution in [2.24, 2.45) is 0 Å². The van der Waals surface area contributed by atoms with Gasteiger partial charge in [0.05, 0.1) is 26.4 Å². The van der Waals surface area contributed by atoms with Crippen LogP contribution in [0.3, 0.4) is 0 Å². The molecule has 2 aromatic rings. The summed E-state index contributed by atoms with van der Waals surface area (Å²) in [7, 11) is 0. The third kappa shape index (κ3) is 20.6. The van der Waals surface area contributed by atoms with E-state index in [9.17, 15) is 0 Å². The predicted molar refractivity (Wildman–Crippen MR) is 227 cm³/mol. The van der Waals surface area contributed by atoms with Gasteiger partial charge in [-0.05, 0) is 74.9 Å².